The van der Waals surface area contributed by atoms with E-state index in [1.54, 1.807) is 0 Å². The largest absolute Gasteiger partial charge is 0.334 e. The number of thiophene rings is 1. The van der Waals surface area contributed by atoms with E-state index in [0.717, 1.165) is 11.4 Å². The van der Waals surface area contributed by atoms with Crippen molar-refractivity contribution in [2.24, 2.45) is 0 Å². The number of piperazine rings is 1. The summed E-state index contributed by atoms with van der Waals surface area (Å²) >= 11 is 1.47. The molecule has 1 atom stereocenters. The Morgan fingerprint density at radius 3 is 2.38 bits per heavy atom. The van der Waals surface area contributed by atoms with E-state index in [4.69, 9.17) is 0 Å². The lowest BCUT2D eigenvalue weighted by atomic mass is 10.1. The molecule has 1 aromatic carbocycles. The Morgan fingerprint density at radius 1 is 1.04 bits per heavy atom. The van der Waals surface area contributed by atoms with E-state index in [1.165, 1.54) is 27.4 Å². The van der Waals surface area contributed by atoms with Crippen LogP contribution in [0.4, 0.5) is 0 Å². The van der Waals surface area contributed by atoms with E-state index in [1.807, 2.05) is 39.4 Å². The molecular formula is C20H26N3O2S+. The second-order valence-corrected chi connectivity index (χ2v) is 7.84. The number of carbonyl (C=O) groups excluding carboxylic acids is 2. The Bertz CT molecular complexity index is 752. The van der Waals surface area contributed by atoms with Crippen molar-refractivity contribution in [3.8, 4) is 0 Å². The van der Waals surface area contributed by atoms with Gasteiger partial charge in [0.05, 0.1) is 11.9 Å². The molecule has 1 N–H and O–H groups in total. The molecule has 1 saturated heterocycles. The van der Waals surface area contributed by atoms with Crippen molar-refractivity contribution in [3.63, 3.8) is 0 Å². The maximum absolute atomic E-state index is 12.6. The van der Waals surface area contributed by atoms with Gasteiger partial charge in [-0.1, -0.05) is 30.3 Å². The second kappa shape index (κ2) is 8.47. The van der Waals surface area contributed by atoms with Crippen LogP contribution >= 0.6 is 11.3 Å². The molecule has 1 unspecified atom stereocenters. The molecule has 0 aliphatic carbocycles. The molecule has 1 aromatic heterocycles. The van der Waals surface area contributed by atoms with Crippen LogP contribution in [0.5, 0.6) is 0 Å². The van der Waals surface area contributed by atoms with E-state index in [-0.39, 0.29) is 11.8 Å². The summed E-state index contributed by atoms with van der Waals surface area (Å²) in [4.78, 5) is 30.7. The van der Waals surface area contributed by atoms with Crippen LogP contribution in [-0.2, 0) is 11.3 Å². The van der Waals surface area contributed by atoms with Crippen LogP contribution in [0.2, 0.25) is 0 Å². The number of benzene rings is 1. The summed E-state index contributed by atoms with van der Waals surface area (Å²) in [7, 11) is 2.06. The summed E-state index contributed by atoms with van der Waals surface area (Å²) in [6.45, 7) is 5.89. The predicted molar refractivity (Wildman–Crippen MR) is 103 cm³/mol. The number of hydrogen-bond donors (Lipinski definition) is 1. The Kier molecular flexibility index (Phi) is 6.06. The number of nitrogens with zero attached hydrogens (tertiary/aromatic N) is 2. The zero-order chi connectivity index (χ0) is 18.5. The van der Waals surface area contributed by atoms with E-state index in [2.05, 4.69) is 26.1 Å². The number of aryl methyl sites for hydroxylation is 1. The lowest BCUT2D eigenvalue weighted by Crippen LogP contribution is -3.09. The third-order valence-electron chi connectivity index (χ3n) is 4.86. The topological polar surface area (TPSA) is 45.1 Å². The molecule has 2 heterocycles. The molecule has 0 radical (unpaired) electrons. The zero-order valence-corrected chi connectivity index (χ0v) is 16.2. The summed E-state index contributed by atoms with van der Waals surface area (Å²) in [5.41, 5.74) is 2.55. The van der Waals surface area contributed by atoms with Crippen LogP contribution in [-0.4, -0.2) is 61.4 Å². The fraction of sp³-hybridized carbons (Fsp3) is 0.400. The molecule has 6 heteroatoms. The summed E-state index contributed by atoms with van der Waals surface area (Å²) < 4.78 is 0. The van der Waals surface area contributed by atoms with Gasteiger partial charge in [0.2, 0.25) is 0 Å². The number of likely N-dealkylation sites (N-methyl/N-ethyl adjacent to an activating group) is 1. The maximum Gasteiger partial charge on any atom is 0.277 e. The molecule has 2 amide bonds. The number of rotatable bonds is 5. The van der Waals surface area contributed by atoms with Gasteiger partial charge in [0.15, 0.2) is 6.54 Å². The lowest BCUT2D eigenvalue weighted by Gasteiger charge is -2.34. The molecular weight excluding hydrogens is 346 g/mol. The average Bonchev–Trinajstić information content (AvgIpc) is 3.18. The highest BCUT2D eigenvalue weighted by molar-refractivity contribution is 7.12. The molecule has 1 aliphatic rings. The second-order valence-electron chi connectivity index (χ2n) is 6.89. The first-order chi connectivity index (χ1) is 12.5. The molecule has 2 aromatic rings. The van der Waals surface area contributed by atoms with Crippen LogP contribution < -0.4 is 4.90 Å². The Balaban J connectivity index is 1.47. The van der Waals surface area contributed by atoms with Crippen molar-refractivity contribution in [2.45, 2.75) is 13.5 Å². The van der Waals surface area contributed by atoms with Crippen molar-refractivity contribution in [2.75, 3.05) is 39.8 Å². The van der Waals surface area contributed by atoms with Gasteiger partial charge in [-0.25, -0.2) is 0 Å². The molecule has 138 valence electrons. The first-order valence-electron chi connectivity index (χ1n) is 9.01. The van der Waals surface area contributed by atoms with Gasteiger partial charge in [0, 0.05) is 31.7 Å². The maximum atomic E-state index is 12.6. The van der Waals surface area contributed by atoms with Crippen molar-refractivity contribution in [1.82, 2.24) is 9.80 Å². The molecule has 1 fully saturated rings. The van der Waals surface area contributed by atoms with Gasteiger partial charge in [-0.2, -0.15) is 0 Å². The fourth-order valence-corrected chi connectivity index (χ4v) is 3.97. The van der Waals surface area contributed by atoms with Gasteiger partial charge < -0.3 is 14.7 Å². The molecule has 0 spiro atoms. The highest BCUT2D eigenvalue weighted by atomic mass is 32.1. The molecule has 3 rings (SSSR count). The molecule has 1 aliphatic heterocycles. The van der Waals surface area contributed by atoms with Crippen molar-refractivity contribution in [1.29, 1.82) is 0 Å². The number of amides is 2. The Labute approximate surface area is 158 Å². The summed E-state index contributed by atoms with van der Waals surface area (Å²) in [5, 5.41) is 1.92. The highest BCUT2D eigenvalue weighted by Gasteiger charge is 2.26. The van der Waals surface area contributed by atoms with E-state index < -0.39 is 0 Å². The lowest BCUT2D eigenvalue weighted by molar-refractivity contribution is -0.885. The smallest absolute Gasteiger partial charge is 0.277 e. The normalized spacial score (nSPS) is 15.8. The van der Waals surface area contributed by atoms with Gasteiger partial charge in [0.1, 0.15) is 6.54 Å². The molecule has 0 bridgehead atoms. The predicted octanol–water partition coefficient (Wildman–Crippen LogP) is 1.06. The Hall–Kier alpha value is -2.18. The van der Waals surface area contributed by atoms with Crippen molar-refractivity contribution >= 4 is 23.2 Å². The van der Waals surface area contributed by atoms with Gasteiger partial charge in [0.25, 0.3) is 11.8 Å². The summed E-state index contributed by atoms with van der Waals surface area (Å²) in [6.07, 6.45) is 0. The van der Waals surface area contributed by atoms with Gasteiger partial charge >= 0.3 is 0 Å². The van der Waals surface area contributed by atoms with Crippen LogP contribution in [0, 0.1) is 6.92 Å². The Morgan fingerprint density at radius 2 is 1.73 bits per heavy atom. The summed E-state index contributed by atoms with van der Waals surface area (Å²) in [5.74, 6) is 0.244. The number of carbonyl (C=O) groups is 2. The standard InChI is InChI=1S/C20H25N3O2S/c1-16-6-3-4-7-17(16)14-21(2)15-19(24)22-9-11-23(12-10-22)20(25)18-8-5-13-26-18/h3-8,13H,9-12,14-15H2,1-2H3/p+1. The van der Waals surface area contributed by atoms with Crippen molar-refractivity contribution in [3.05, 3.63) is 57.8 Å². The minimum absolute atomic E-state index is 0.0781. The molecule has 0 saturated carbocycles. The third kappa shape index (κ3) is 4.51. The quantitative estimate of drug-likeness (QED) is 0.853. The van der Waals surface area contributed by atoms with Gasteiger partial charge in [-0.3, -0.25) is 9.59 Å². The number of nitrogens with one attached hydrogen (secondary N) is 1. The van der Waals surface area contributed by atoms with Crippen LogP contribution in [0.3, 0.4) is 0 Å². The first kappa shape index (κ1) is 18.6. The minimum atomic E-state index is 0.0781. The minimum Gasteiger partial charge on any atom is -0.334 e. The van der Waals surface area contributed by atoms with Crippen molar-refractivity contribution < 1.29 is 14.5 Å². The third-order valence-corrected chi connectivity index (χ3v) is 5.72. The molecule has 5 nitrogen and oxygen atoms in total. The number of hydrogen-bond acceptors (Lipinski definition) is 3. The van der Waals surface area contributed by atoms with Crippen LogP contribution in [0.25, 0.3) is 0 Å². The highest BCUT2D eigenvalue weighted by Crippen LogP contribution is 2.13. The monoisotopic (exact) mass is 372 g/mol. The van der Waals surface area contributed by atoms with Crippen LogP contribution in [0.1, 0.15) is 20.8 Å². The SMILES string of the molecule is Cc1ccccc1C[NH+](C)CC(=O)N1CCN(C(=O)c2cccs2)CC1. The first-order valence-corrected chi connectivity index (χ1v) is 9.89. The molecule has 26 heavy (non-hydrogen) atoms. The van der Waals surface area contributed by atoms with Gasteiger partial charge in [-0.15, -0.1) is 11.3 Å². The zero-order valence-electron chi connectivity index (χ0n) is 15.4. The fourth-order valence-electron chi connectivity index (χ4n) is 3.28. The van der Waals surface area contributed by atoms with Crippen LogP contribution in [0.15, 0.2) is 41.8 Å². The van der Waals surface area contributed by atoms with E-state index in [9.17, 15) is 9.59 Å². The van der Waals surface area contributed by atoms with E-state index >= 15 is 0 Å². The average molecular weight is 373 g/mol. The number of quaternary nitrogens is 1. The van der Waals surface area contributed by atoms with E-state index in [0.29, 0.717) is 32.7 Å². The van der Waals surface area contributed by atoms with Gasteiger partial charge in [-0.05, 0) is 23.9 Å². The summed E-state index contributed by atoms with van der Waals surface area (Å²) in [6, 6.07) is 12.1.